The molecular formula is C17H29NO2. The highest BCUT2D eigenvalue weighted by Crippen LogP contribution is 2.18. The maximum Gasteiger partial charge on any atom is 0.0914 e. The number of hydrogen-bond donors (Lipinski definition) is 2. The van der Waals surface area contributed by atoms with E-state index >= 15 is 0 Å². The first-order valence-corrected chi connectivity index (χ1v) is 7.48. The maximum atomic E-state index is 10.2. The van der Waals surface area contributed by atoms with Crippen molar-refractivity contribution in [2.45, 2.75) is 52.2 Å². The van der Waals surface area contributed by atoms with Crippen molar-refractivity contribution in [3.05, 3.63) is 35.4 Å². The van der Waals surface area contributed by atoms with Crippen LogP contribution in [0.25, 0.3) is 0 Å². The van der Waals surface area contributed by atoms with Gasteiger partial charge in [0.05, 0.1) is 11.7 Å². The molecule has 1 rings (SSSR count). The van der Waals surface area contributed by atoms with Gasteiger partial charge in [-0.3, -0.25) is 0 Å². The summed E-state index contributed by atoms with van der Waals surface area (Å²) in [5.74, 6) is 0.520. The van der Waals surface area contributed by atoms with Crippen LogP contribution in [0.4, 0.5) is 0 Å². The molecule has 0 radical (unpaired) electrons. The van der Waals surface area contributed by atoms with Crippen LogP contribution >= 0.6 is 0 Å². The minimum Gasteiger partial charge on any atom is -0.387 e. The number of aliphatic hydroxyl groups excluding tert-OH is 1. The molecule has 3 heteroatoms. The summed E-state index contributed by atoms with van der Waals surface area (Å²) in [5.41, 5.74) is 2.05. The Kier molecular flexibility index (Phi) is 6.66. The van der Waals surface area contributed by atoms with Crippen LogP contribution in [0.15, 0.2) is 24.3 Å². The fourth-order valence-corrected chi connectivity index (χ4v) is 2.17. The van der Waals surface area contributed by atoms with Crippen LogP contribution in [0.1, 0.15) is 57.8 Å². The zero-order valence-corrected chi connectivity index (χ0v) is 13.4. The summed E-state index contributed by atoms with van der Waals surface area (Å²) in [4.78, 5) is 0. The van der Waals surface area contributed by atoms with E-state index in [-0.39, 0.29) is 5.60 Å². The second-order valence-electron chi connectivity index (χ2n) is 6.16. The predicted molar refractivity (Wildman–Crippen MR) is 84.1 cm³/mol. The van der Waals surface area contributed by atoms with Gasteiger partial charge in [0.2, 0.25) is 0 Å². The molecule has 0 bridgehead atoms. The molecule has 0 aliphatic rings. The number of benzene rings is 1. The van der Waals surface area contributed by atoms with E-state index in [1.807, 2.05) is 32.9 Å². The van der Waals surface area contributed by atoms with Crippen molar-refractivity contribution in [3.8, 4) is 0 Å². The largest absolute Gasteiger partial charge is 0.387 e. The molecule has 0 aromatic heterocycles. The number of hydrogen-bond acceptors (Lipinski definition) is 3. The van der Waals surface area contributed by atoms with Crippen LogP contribution in [0, 0.1) is 0 Å². The van der Waals surface area contributed by atoms with Crippen molar-refractivity contribution < 1.29 is 9.84 Å². The third kappa shape index (κ3) is 5.61. The lowest BCUT2D eigenvalue weighted by Crippen LogP contribution is -2.39. The quantitative estimate of drug-likeness (QED) is 0.767. The van der Waals surface area contributed by atoms with E-state index in [4.69, 9.17) is 4.74 Å². The summed E-state index contributed by atoms with van der Waals surface area (Å²) in [7, 11) is 0. The van der Waals surface area contributed by atoms with Crippen LogP contribution in [-0.2, 0) is 4.74 Å². The van der Waals surface area contributed by atoms with Crippen molar-refractivity contribution in [2.75, 3.05) is 19.7 Å². The first-order chi connectivity index (χ1) is 9.35. The molecule has 114 valence electrons. The lowest BCUT2D eigenvalue weighted by molar-refractivity contribution is -0.0104. The van der Waals surface area contributed by atoms with Crippen molar-refractivity contribution in [1.82, 2.24) is 5.32 Å². The minimum atomic E-state index is -0.478. The molecule has 0 spiro atoms. The van der Waals surface area contributed by atoms with Crippen molar-refractivity contribution in [2.24, 2.45) is 0 Å². The lowest BCUT2D eigenvalue weighted by Gasteiger charge is -2.25. The highest BCUT2D eigenvalue weighted by atomic mass is 16.5. The Morgan fingerprint density at radius 2 is 1.70 bits per heavy atom. The highest BCUT2D eigenvalue weighted by molar-refractivity contribution is 5.26. The van der Waals surface area contributed by atoms with Gasteiger partial charge in [0.1, 0.15) is 0 Å². The average Bonchev–Trinajstić information content (AvgIpc) is 2.38. The second kappa shape index (κ2) is 7.77. The van der Waals surface area contributed by atoms with Crippen LogP contribution < -0.4 is 5.32 Å². The fourth-order valence-electron chi connectivity index (χ4n) is 2.17. The smallest absolute Gasteiger partial charge is 0.0914 e. The van der Waals surface area contributed by atoms with E-state index in [0.29, 0.717) is 19.1 Å². The Hall–Kier alpha value is -0.900. The molecule has 0 amide bonds. The lowest BCUT2D eigenvalue weighted by atomic mass is 10.00. The SMILES string of the molecule is CCOC(C)(C)CNCC(O)c1ccc(C(C)C)cc1. The Morgan fingerprint density at radius 3 is 2.20 bits per heavy atom. The van der Waals surface area contributed by atoms with Gasteiger partial charge in [-0.15, -0.1) is 0 Å². The Bertz CT molecular complexity index is 384. The topological polar surface area (TPSA) is 41.5 Å². The summed E-state index contributed by atoms with van der Waals surface area (Å²) in [5, 5.41) is 13.4. The third-order valence-electron chi connectivity index (χ3n) is 3.41. The highest BCUT2D eigenvalue weighted by Gasteiger charge is 2.17. The average molecular weight is 279 g/mol. The summed E-state index contributed by atoms with van der Waals surface area (Å²) < 4.78 is 5.61. The van der Waals surface area contributed by atoms with E-state index in [1.165, 1.54) is 5.56 Å². The minimum absolute atomic E-state index is 0.198. The van der Waals surface area contributed by atoms with Crippen molar-refractivity contribution in [1.29, 1.82) is 0 Å². The summed E-state index contributed by atoms with van der Waals surface area (Å²) >= 11 is 0. The molecule has 2 N–H and O–H groups in total. The Labute approximate surface area is 123 Å². The van der Waals surface area contributed by atoms with Gasteiger partial charge >= 0.3 is 0 Å². The molecule has 1 aromatic carbocycles. The van der Waals surface area contributed by atoms with Gasteiger partial charge < -0.3 is 15.2 Å². The molecule has 1 aromatic rings. The maximum absolute atomic E-state index is 10.2. The summed E-state index contributed by atoms with van der Waals surface area (Å²) in [6.07, 6.45) is -0.478. The monoisotopic (exact) mass is 279 g/mol. The normalized spacial score (nSPS) is 13.8. The van der Waals surface area contributed by atoms with Gasteiger partial charge in [-0.1, -0.05) is 38.1 Å². The predicted octanol–water partition coefficient (Wildman–Crippen LogP) is 3.25. The van der Waals surface area contributed by atoms with E-state index < -0.39 is 6.10 Å². The fraction of sp³-hybridized carbons (Fsp3) is 0.647. The molecule has 0 aliphatic carbocycles. The van der Waals surface area contributed by atoms with Crippen LogP contribution in [0.2, 0.25) is 0 Å². The Balaban J connectivity index is 2.44. The molecule has 0 fully saturated rings. The van der Waals surface area contributed by atoms with Gasteiger partial charge in [-0.05, 0) is 37.8 Å². The first-order valence-electron chi connectivity index (χ1n) is 7.48. The Morgan fingerprint density at radius 1 is 1.15 bits per heavy atom. The first kappa shape index (κ1) is 17.2. The summed E-state index contributed by atoms with van der Waals surface area (Å²) in [6.45, 7) is 12.4. The van der Waals surface area contributed by atoms with Gasteiger partial charge in [0.15, 0.2) is 0 Å². The van der Waals surface area contributed by atoms with Crippen LogP contribution in [-0.4, -0.2) is 30.4 Å². The number of aliphatic hydroxyl groups is 1. The molecule has 3 nitrogen and oxygen atoms in total. The molecule has 1 atom stereocenters. The molecular weight excluding hydrogens is 250 g/mol. The van der Waals surface area contributed by atoms with E-state index in [1.54, 1.807) is 0 Å². The number of nitrogens with one attached hydrogen (secondary N) is 1. The molecule has 0 saturated heterocycles. The summed E-state index contributed by atoms with van der Waals surface area (Å²) in [6, 6.07) is 8.20. The molecule has 0 heterocycles. The van der Waals surface area contributed by atoms with E-state index in [2.05, 4.69) is 31.3 Å². The zero-order chi connectivity index (χ0) is 15.2. The van der Waals surface area contributed by atoms with Crippen molar-refractivity contribution >= 4 is 0 Å². The van der Waals surface area contributed by atoms with E-state index in [0.717, 1.165) is 12.1 Å². The standard InChI is InChI=1S/C17H29NO2/c1-6-20-17(4,5)12-18-11-16(19)15-9-7-14(8-10-15)13(2)3/h7-10,13,16,18-19H,6,11-12H2,1-5H3. The van der Waals surface area contributed by atoms with Gasteiger partial charge in [0.25, 0.3) is 0 Å². The molecule has 20 heavy (non-hydrogen) atoms. The third-order valence-corrected chi connectivity index (χ3v) is 3.41. The second-order valence-corrected chi connectivity index (χ2v) is 6.16. The number of ether oxygens (including phenoxy) is 1. The van der Waals surface area contributed by atoms with E-state index in [9.17, 15) is 5.11 Å². The van der Waals surface area contributed by atoms with Gasteiger partial charge in [-0.2, -0.15) is 0 Å². The van der Waals surface area contributed by atoms with Crippen LogP contribution in [0.5, 0.6) is 0 Å². The van der Waals surface area contributed by atoms with Gasteiger partial charge in [-0.25, -0.2) is 0 Å². The van der Waals surface area contributed by atoms with Gasteiger partial charge in [0, 0.05) is 19.7 Å². The number of rotatable bonds is 8. The molecule has 0 aliphatic heterocycles. The molecule has 1 unspecified atom stereocenters. The zero-order valence-electron chi connectivity index (χ0n) is 13.4. The molecule has 0 saturated carbocycles. The van der Waals surface area contributed by atoms with Crippen LogP contribution in [0.3, 0.4) is 0 Å². The van der Waals surface area contributed by atoms with Crippen molar-refractivity contribution in [3.63, 3.8) is 0 Å².